The highest BCUT2D eigenvalue weighted by atomic mass is 16.5. The van der Waals surface area contributed by atoms with Crippen LogP contribution in [0.2, 0.25) is 0 Å². The molecule has 140 valence electrons. The van der Waals surface area contributed by atoms with Gasteiger partial charge in [0.25, 0.3) is 0 Å². The normalized spacial score (nSPS) is 21.2. The largest absolute Gasteiger partial charge is 0.466 e. The number of urea groups is 1. The fourth-order valence-electron chi connectivity index (χ4n) is 3.58. The van der Waals surface area contributed by atoms with Gasteiger partial charge in [0, 0.05) is 0 Å². The number of esters is 1. The molecule has 0 bridgehead atoms. The van der Waals surface area contributed by atoms with Crippen LogP contribution in [-0.4, -0.2) is 52.0 Å². The predicted octanol–water partition coefficient (Wildman–Crippen LogP) is -0.000460. The van der Waals surface area contributed by atoms with Crippen molar-refractivity contribution in [1.82, 2.24) is 10.6 Å². The summed E-state index contributed by atoms with van der Waals surface area (Å²) in [6.07, 6.45) is 0. The number of carbonyl (C=O) groups is 2. The quantitative estimate of drug-likeness (QED) is 0.661. The Labute approximate surface area is 153 Å². The number of methoxy groups -OCH3 is 1. The fraction of sp³-hybridized carbons (Fsp3) is 0.474. The van der Waals surface area contributed by atoms with Gasteiger partial charge >= 0.3 is 12.0 Å². The van der Waals surface area contributed by atoms with Crippen LogP contribution in [0.4, 0.5) is 4.79 Å². The van der Waals surface area contributed by atoms with Crippen molar-refractivity contribution in [2.75, 3.05) is 40.0 Å². The van der Waals surface area contributed by atoms with Crippen LogP contribution in [-0.2, 0) is 14.3 Å². The van der Waals surface area contributed by atoms with Crippen molar-refractivity contribution in [1.29, 1.82) is 0 Å². The number of carbonyl (C=O) groups excluding carboxylic acids is 2. The Morgan fingerprint density at radius 3 is 2.69 bits per heavy atom. The van der Waals surface area contributed by atoms with E-state index >= 15 is 0 Å². The van der Waals surface area contributed by atoms with E-state index in [9.17, 15) is 9.59 Å². The van der Waals surface area contributed by atoms with Crippen LogP contribution in [0.3, 0.4) is 0 Å². The number of ether oxygens (including phenoxy) is 2. The molecule has 1 saturated heterocycles. The first-order valence-electron chi connectivity index (χ1n) is 8.87. The number of quaternary nitrogens is 1. The molecular weight excluding hydrogens is 334 g/mol. The minimum Gasteiger partial charge on any atom is -0.466 e. The first-order chi connectivity index (χ1) is 12.5. The van der Waals surface area contributed by atoms with Gasteiger partial charge in [-0.05, 0) is 25.0 Å². The van der Waals surface area contributed by atoms with Gasteiger partial charge in [0.2, 0.25) is 0 Å². The minimum absolute atomic E-state index is 0.301. The molecule has 26 heavy (non-hydrogen) atoms. The summed E-state index contributed by atoms with van der Waals surface area (Å²) >= 11 is 0. The van der Waals surface area contributed by atoms with Crippen molar-refractivity contribution in [2.45, 2.75) is 19.9 Å². The number of aryl methyl sites for hydroxylation is 2. The SMILES string of the molecule is COC(=O)C1=C(C[NH+]2CCOCC2)NC(=O)N[C@H]1c1ccc(C)cc1C. The summed E-state index contributed by atoms with van der Waals surface area (Å²) in [5.74, 6) is -0.426. The van der Waals surface area contributed by atoms with E-state index in [1.807, 2.05) is 32.0 Å². The number of nitrogens with one attached hydrogen (secondary N) is 3. The lowest BCUT2D eigenvalue weighted by atomic mass is 9.91. The van der Waals surface area contributed by atoms with Crippen LogP contribution < -0.4 is 15.5 Å². The molecule has 3 N–H and O–H groups in total. The van der Waals surface area contributed by atoms with E-state index in [1.165, 1.54) is 12.0 Å². The van der Waals surface area contributed by atoms with Crippen LogP contribution in [0.1, 0.15) is 22.7 Å². The number of hydrogen-bond acceptors (Lipinski definition) is 4. The fourth-order valence-corrected chi connectivity index (χ4v) is 3.58. The zero-order valence-corrected chi connectivity index (χ0v) is 15.5. The van der Waals surface area contributed by atoms with Crippen molar-refractivity contribution >= 4 is 12.0 Å². The highest BCUT2D eigenvalue weighted by molar-refractivity contribution is 5.95. The molecule has 1 aromatic rings. The molecule has 2 heterocycles. The van der Waals surface area contributed by atoms with Gasteiger partial charge in [-0.3, -0.25) is 0 Å². The van der Waals surface area contributed by atoms with Gasteiger partial charge in [-0.25, -0.2) is 9.59 Å². The standard InChI is InChI=1S/C19H25N3O4/c1-12-4-5-14(13(2)10-12)17-16(18(23)25-3)15(20-19(24)21-17)11-22-6-8-26-9-7-22/h4-5,10,17H,6-9,11H2,1-3H3,(H2,20,21,24)/p+1/t17-/m0/s1. The Morgan fingerprint density at radius 1 is 1.31 bits per heavy atom. The number of rotatable bonds is 4. The maximum absolute atomic E-state index is 12.6. The van der Waals surface area contributed by atoms with Crippen LogP contribution in [0.15, 0.2) is 29.5 Å². The Bertz CT molecular complexity index is 738. The lowest BCUT2D eigenvalue weighted by molar-refractivity contribution is -0.903. The Kier molecular flexibility index (Phi) is 5.58. The van der Waals surface area contributed by atoms with E-state index in [1.54, 1.807) is 0 Å². The number of hydrogen-bond donors (Lipinski definition) is 3. The van der Waals surface area contributed by atoms with Crippen molar-refractivity contribution in [3.05, 3.63) is 46.2 Å². The average molecular weight is 360 g/mol. The molecule has 0 saturated carbocycles. The Morgan fingerprint density at radius 2 is 2.04 bits per heavy atom. The molecule has 0 aromatic heterocycles. The lowest BCUT2D eigenvalue weighted by Crippen LogP contribution is -3.14. The third kappa shape index (κ3) is 3.89. The second-order valence-electron chi connectivity index (χ2n) is 6.81. The van der Waals surface area contributed by atoms with Crippen LogP contribution in [0.25, 0.3) is 0 Å². The molecule has 7 heteroatoms. The molecule has 1 fully saturated rings. The number of morpholine rings is 1. The zero-order chi connectivity index (χ0) is 18.7. The third-order valence-electron chi connectivity index (χ3n) is 4.92. The third-order valence-corrected chi connectivity index (χ3v) is 4.92. The summed E-state index contributed by atoms with van der Waals surface area (Å²) in [6, 6.07) is 5.17. The second-order valence-corrected chi connectivity index (χ2v) is 6.81. The Hall–Kier alpha value is -2.38. The molecule has 0 aliphatic carbocycles. The maximum Gasteiger partial charge on any atom is 0.338 e. The molecule has 2 aliphatic heterocycles. The number of amides is 2. The first kappa shape index (κ1) is 18.4. The summed E-state index contributed by atoms with van der Waals surface area (Å²) in [6.45, 7) is 7.61. The second kappa shape index (κ2) is 7.88. The molecule has 3 rings (SSSR count). The average Bonchev–Trinajstić information content (AvgIpc) is 2.61. The van der Waals surface area contributed by atoms with E-state index in [0.717, 1.165) is 29.8 Å². The highest BCUT2D eigenvalue weighted by Gasteiger charge is 2.35. The van der Waals surface area contributed by atoms with Gasteiger partial charge in [-0.2, -0.15) is 0 Å². The van der Waals surface area contributed by atoms with E-state index in [2.05, 4.69) is 10.6 Å². The van der Waals surface area contributed by atoms with Gasteiger partial charge in [0.1, 0.15) is 19.6 Å². The molecule has 0 unspecified atom stereocenters. The van der Waals surface area contributed by atoms with Gasteiger partial charge in [0.15, 0.2) is 0 Å². The maximum atomic E-state index is 12.6. The summed E-state index contributed by atoms with van der Waals surface area (Å²) in [5, 5.41) is 5.71. The monoisotopic (exact) mass is 360 g/mol. The molecule has 1 atom stereocenters. The zero-order valence-electron chi connectivity index (χ0n) is 15.5. The predicted molar refractivity (Wildman–Crippen MR) is 95.7 cm³/mol. The molecule has 2 amide bonds. The topological polar surface area (TPSA) is 81.1 Å². The van der Waals surface area contributed by atoms with Gasteiger partial charge in [-0.1, -0.05) is 23.8 Å². The molecule has 7 nitrogen and oxygen atoms in total. The van der Waals surface area contributed by atoms with E-state index in [-0.39, 0.29) is 6.03 Å². The Balaban J connectivity index is 2.01. The van der Waals surface area contributed by atoms with Crippen molar-refractivity contribution in [2.24, 2.45) is 0 Å². The van der Waals surface area contributed by atoms with Crippen LogP contribution >= 0.6 is 0 Å². The summed E-state index contributed by atoms with van der Waals surface area (Å²) < 4.78 is 10.4. The van der Waals surface area contributed by atoms with E-state index < -0.39 is 12.0 Å². The minimum atomic E-state index is -0.521. The van der Waals surface area contributed by atoms with Gasteiger partial charge < -0.3 is 25.0 Å². The van der Waals surface area contributed by atoms with Gasteiger partial charge in [-0.15, -0.1) is 0 Å². The van der Waals surface area contributed by atoms with Gasteiger partial charge in [0.05, 0.1) is 37.6 Å². The molecule has 1 aromatic carbocycles. The van der Waals surface area contributed by atoms with Crippen LogP contribution in [0.5, 0.6) is 0 Å². The lowest BCUT2D eigenvalue weighted by Gasteiger charge is -2.32. The summed E-state index contributed by atoms with van der Waals surface area (Å²) in [7, 11) is 1.37. The number of benzene rings is 1. The molecular formula is C19H26N3O4+. The first-order valence-corrected chi connectivity index (χ1v) is 8.87. The molecule has 0 radical (unpaired) electrons. The van der Waals surface area contributed by atoms with Crippen molar-refractivity contribution in [3.8, 4) is 0 Å². The van der Waals surface area contributed by atoms with E-state index in [0.29, 0.717) is 31.0 Å². The van der Waals surface area contributed by atoms with Crippen molar-refractivity contribution < 1.29 is 24.0 Å². The molecule has 0 spiro atoms. The smallest absolute Gasteiger partial charge is 0.338 e. The summed E-state index contributed by atoms with van der Waals surface area (Å²) in [4.78, 5) is 26.1. The molecule has 2 aliphatic rings. The van der Waals surface area contributed by atoms with E-state index in [4.69, 9.17) is 9.47 Å². The summed E-state index contributed by atoms with van der Waals surface area (Å²) in [5.41, 5.74) is 4.16. The van der Waals surface area contributed by atoms with Crippen molar-refractivity contribution in [3.63, 3.8) is 0 Å². The highest BCUT2D eigenvalue weighted by Crippen LogP contribution is 2.29. The van der Waals surface area contributed by atoms with Crippen LogP contribution in [0, 0.1) is 13.8 Å².